The molecule has 2 saturated heterocycles. The van der Waals surface area contributed by atoms with E-state index in [1.807, 2.05) is 17.0 Å². The van der Waals surface area contributed by atoms with Gasteiger partial charge in [-0.15, -0.1) is 24.0 Å². The van der Waals surface area contributed by atoms with E-state index in [-0.39, 0.29) is 35.9 Å². The Morgan fingerprint density at radius 2 is 1.82 bits per heavy atom. The SMILES string of the molecule is CCNC(=NCc1ccc(N2CCC(O)CC2)c(F)c1)N1CCC(Cc2ccccc2)C1.I. The lowest BCUT2D eigenvalue weighted by atomic mass is 9.99. The summed E-state index contributed by atoms with van der Waals surface area (Å²) >= 11 is 0. The first kappa shape index (κ1) is 25.7. The molecule has 2 heterocycles. The number of aliphatic imine (C=N–C) groups is 1. The number of aliphatic hydroxyl groups is 1. The van der Waals surface area contributed by atoms with E-state index in [1.54, 1.807) is 6.07 Å². The molecular formula is C26H36FIN4O. The quantitative estimate of drug-likeness (QED) is 0.309. The van der Waals surface area contributed by atoms with Crippen LogP contribution >= 0.6 is 24.0 Å². The number of likely N-dealkylation sites (tertiary alicyclic amines) is 1. The predicted molar refractivity (Wildman–Crippen MR) is 144 cm³/mol. The second-order valence-corrected chi connectivity index (χ2v) is 8.96. The lowest BCUT2D eigenvalue weighted by molar-refractivity contribution is 0.145. The molecular weight excluding hydrogens is 530 g/mol. The molecule has 33 heavy (non-hydrogen) atoms. The number of rotatable bonds is 6. The van der Waals surface area contributed by atoms with Crippen molar-refractivity contribution in [2.75, 3.05) is 37.6 Å². The smallest absolute Gasteiger partial charge is 0.194 e. The Labute approximate surface area is 214 Å². The van der Waals surface area contributed by atoms with E-state index in [1.165, 1.54) is 5.56 Å². The van der Waals surface area contributed by atoms with E-state index >= 15 is 0 Å². The zero-order valence-electron chi connectivity index (χ0n) is 19.4. The predicted octanol–water partition coefficient (Wildman–Crippen LogP) is 4.43. The van der Waals surface area contributed by atoms with Crippen molar-refractivity contribution in [2.24, 2.45) is 10.9 Å². The molecule has 1 atom stereocenters. The minimum Gasteiger partial charge on any atom is -0.393 e. The van der Waals surface area contributed by atoms with Crippen LogP contribution in [-0.4, -0.2) is 54.8 Å². The summed E-state index contributed by atoms with van der Waals surface area (Å²) in [6.45, 7) is 6.73. The average molecular weight is 567 g/mol. The summed E-state index contributed by atoms with van der Waals surface area (Å²) in [6.07, 6.45) is 3.38. The molecule has 4 rings (SSSR count). The average Bonchev–Trinajstić information content (AvgIpc) is 3.26. The maximum Gasteiger partial charge on any atom is 0.194 e. The number of aliphatic hydroxyl groups excluding tert-OH is 1. The fourth-order valence-electron chi connectivity index (χ4n) is 4.74. The van der Waals surface area contributed by atoms with E-state index in [4.69, 9.17) is 4.99 Å². The first-order chi connectivity index (χ1) is 15.6. The number of guanidine groups is 1. The van der Waals surface area contributed by atoms with Crippen LogP contribution in [0.3, 0.4) is 0 Å². The van der Waals surface area contributed by atoms with E-state index in [0.29, 0.717) is 44.1 Å². The number of halogens is 2. The van der Waals surface area contributed by atoms with E-state index in [0.717, 1.165) is 44.0 Å². The monoisotopic (exact) mass is 566 g/mol. The second-order valence-electron chi connectivity index (χ2n) is 8.96. The first-order valence-electron chi connectivity index (χ1n) is 11.9. The maximum absolute atomic E-state index is 14.8. The molecule has 2 fully saturated rings. The van der Waals surface area contributed by atoms with Crippen LogP contribution < -0.4 is 10.2 Å². The van der Waals surface area contributed by atoms with Gasteiger partial charge in [-0.25, -0.2) is 9.38 Å². The van der Waals surface area contributed by atoms with Gasteiger partial charge in [0.15, 0.2) is 5.96 Å². The van der Waals surface area contributed by atoms with Gasteiger partial charge in [0.25, 0.3) is 0 Å². The van der Waals surface area contributed by atoms with Crippen LogP contribution in [0.1, 0.15) is 37.3 Å². The summed E-state index contributed by atoms with van der Waals surface area (Å²) in [5, 5.41) is 13.1. The molecule has 0 saturated carbocycles. The number of hydrogen-bond acceptors (Lipinski definition) is 3. The highest BCUT2D eigenvalue weighted by Crippen LogP contribution is 2.25. The highest BCUT2D eigenvalue weighted by Gasteiger charge is 2.25. The fraction of sp³-hybridized carbons (Fsp3) is 0.500. The van der Waals surface area contributed by atoms with Crippen LogP contribution in [0.4, 0.5) is 10.1 Å². The van der Waals surface area contributed by atoms with Crippen LogP contribution in [0.5, 0.6) is 0 Å². The van der Waals surface area contributed by atoms with Gasteiger partial charge < -0.3 is 20.2 Å². The van der Waals surface area contributed by atoms with Crippen LogP contribution in [0.2, 0.25) is 0 Å². The van der Waals surface area contributed by atoms with Gasteiger partial charge in [-0.1, -0.05) is 36.4 Å². The van der Waals surface area contributed by atoms with Gasteiger partial charge in [0.05, 0.1) is 18.3 Å². The summed E-state index contributed by atoms with van der Waals surface area (Å²) < 4.78 is 14.8. The van der Waals surface area contributed by atoms with Crippen molar-refractivity contribution in [3.05, 3.63) is 65.5 Å². The second kappa shape index (κ2) is 12.6. The van der Waals surface area contributed by atoms with Gasteiger partial charge in [0.1, 0.15) is 5.82 Å². The van der Waals surface area contributed by atoms with Gasteiger partial charge in [-0.05, 0) is 61.8 Å². The Balaban J connectivity index is 0.00000306. The zero-order valence-corrected chi connectivity index (χ0v) is 21.8. The molecule has 2 N–H and O–H groups in total. The van der Waals surface area contributed by atoms with Crippen molar-refractivity contribution >= 4 is 35.6 Å². The van der Waals surface area contributed by atoms with Gasteiger partial charge in [-0.2, -0.15) is 0 Å². The molecule has 0 spiro atoms. The number of piperidine rings is 1. The summed E-state index contributed by atoms with van der Waals surface area (Å²) in [5.41, 5.74) is 2.89. The third kappa shape index (κ3) is 7.06. The Bertz CT molecular complexity index is 902. The number of benzene rings is 2. The number of nitrogens with one attached hydrogen (secondary N) is 1. The molecule has 0 amide bonds. The van der Waals surface area contributed by atoms with E-state index in [2.05, 4.69) is 47.5 Å². The van der Waals surface area contributed by atoms with Crippen LogP contribution in [0.25, 0.3) is 0 Å². The molecule has 5 nitrogen and oxygen atoms in total. The van der Waals surface area contributed by atoms with Crippen molar-refractivity contribution in [3.8, 4) is 0 Å². The molecule has 7 heteroatoms. The fourth-order valence-corrected chi connectivity index (χ4v) is 4.74. The Morgan fingerprint density at radius 3 is 2.52 bits per heavy atom. The molecule has 0 aliphatic carbocycles. The maximum atomic E-state index is 14.8. The minimum atomic E-state index is -0.259. The third-order valence-electron chi connectivity index (χ3n) is 6.52. The Kier molecular flexibility index (Phi) is 9.79. The minimum absolute atomic E-state index is 0. The lowest BCUT2D eigenvalue weighted by Gasteiger charge is -2.31. The van der Waals surface area contributed by atoms with Crippen molar-refractivity contribution in [1.82, 2.24) is 10.2 Å². The molecule has 180 valence electrons. The lowest BCUT2D eigenvalue weighted by Crippen LogP contribution is -2.40. The molecule has 2 aliphatic heterocycles. The molecule has 2 aromatic rings. The summed E-state index contributed by atoms with van der Waals surface area (Å²) in [4.78, 5) is 9.18. The largest absolute Gasteiger partial charge is 0.393 e. The van der Waals surface area contributed by atoms with Gasteiger partial charge in [-0.3, -0.25) is 0 Å². The zero-order chi connectivity index (χ0) is 22.3. The normalized spacial score (nSPS) is 19.5. The molecule has 0 aromatic heterocycles. The number of anilines is 1. The van der Waals surface area contributed by atoms with Gasteiger partial charge in [0.2, 0.25) is 0 Å². The van der Waals surface area contributed by atoms with E-state index < -0.39 is 0 Å². The highest BCUT2D eigenvalue weighted by molar-refractivity contribution is 14.0. The highest BCUT2D eigenvalue weighted by atomic mass is 127. The molecule has 2 aliphatic rings. The number of nitrogens with zero attached hydrogens (tertiary/aromatic N) is 3. The Hall–Kier alpha value is -1.87. The van der Waals surface area contributed by atoms with Crippen molar-refractivity contribution in [1.29, 1.82) is 0 Å². The van der Waals surface area contributed by atoms with Crippen molar-refractivity contribution < 1.29 is 9.50 Å². The molecule has 0 radical (unpaired) electrons. The first-order valence-corrected chi connectivity index (χ1v) is 11.9. The van der Waals surface area contributed by atoms with Crippen LogP contribution in [0, 0.1) is 11.7 Å². The van der Waals surface area contributed by atoms with Crippen molar-refractivity contribution in [3.63, 3.8) is 0 Å². The third-order valence-corrected chi connectivity index (χ3v) is 6.52. The van der Waals surface area contributed by atoms with Gasteiger partial charge >= 0.3 is 0 Å². The number of hydrogen-bond donors (Lipinski definition) is 2. The van der Waals surface area contributed by atoms with Crippen LogP contribution in [-0.2, 0) is 13.0 Å². The van der Waals surface area contributed by atoms with E-state index in [9.17, 15) is 9.50 Å². The summed E-state index contributed by atoms with van der Waals surface area (Å²) in [7, 11) is 0. The van der Waals surface area contributed by atoms with Gasteiger partial charge in [0, 0.05) is 32.7 Å². The van der Waals surface area contributed by atoms with Crippen molar-refractivity contribution in [2.45, 2.75) is 45.3 Å². The standard InChI is InChI=1S/C26H35FN4O.HI/c1-2-28-26(31-13-10-22(19-31)16-20-6-4-3-5-7-20)29-18-21-8-9-25(24(27)17-21)30-14-11-23(32)12-15-30;/h3-9,17,22-23,32H,2,10-16,18-19H2,1H3,(H,28,29);1H. The summed E-state index contributed by atoms with van der Waals surface area (Å²) in [5.74, 6) is 1.33. The molecule has 1 unspecified atom stereocenters. The molecule has 0 bridgehead atoms. The molecule has 2 aromatic carbocycles. The summed E-state index contributed by atoms with van der Waals surface area (Å²) in [6, 6.07) is 16.1. The topological polar surface area (TPSA) is 51.1 Å². The van der Waals surface area contributed by atoms with Crippen LogP contribution in [0.15, 0.2) is 53.5 Å². The Morgan fingerprint density at radius 1 is 1.06 bits per heavy atom.